The molecule has 0 saturated carbocycles. The minimum atomic E-state index is -0.590. The van der Waals surface area contributed by atoms with E-state index in [2.05, 4.69) is 5.32 Å². The van der Waals surface area contributed by atoms with Crippen LogP contribution in [0.2, 0.25) is 0 Å². The molecule has 0 aliphatic carbocycles. The number of halogens is 1. The van der Waals surface area contributed by atoms with Crippen molar-refractivity contribution in [1.82, 2.24) is 10.2 Å². The van der Waals surface area contributed by atoms with Crippen molar-refractivity contribution in [1.29, 1.82) is 0 Å². The quantitative estimate of drug-likeness (QED) is 0.715. The van der Waals surface area contributed by atoms with Gasteiger partial charge in [-0.15, -0.1) is 0 Å². The molecule has 31 heavy (non-hydrogen) atoms. The number of carbonyl (C=O) groups is 3. The van der Waals surface area contributed by atoms with Crippen molar-refractivity contribution in [3.8, 4) is 11.5 Å². The summed E-state index contributed by atoms with van der Waals surface area (Å²) in [5, 5.41) is 1.70. The fourth-order valence-electron chi connectivity index (χ4n) is 3.25. The predicted molar refractivity (Wildman–Crippen MR) is 113 cm³/mol. The first kappa shape index (κ1) is 21.1. The Bertz CT molecular complexity index is 1070. The zero-order valence-electron chi connectivity index (χ0n) is 16.6. The molecule has 2 aliphatic heterocycles. The minimum absolute atomic E-state index is 0.0254. The van der Waals surface area contributed by atoms with Crippen LogP contribution in [0.1, 0.15) is 11.1 Å². The lowest BCUT2D eigenvalue weighted by molar-refractivity contribution is -0.145. The Labute approximate surface area is 182 Å². The molecule has 0 aromatic heterocycles. The lowest BCUT2D eigenvalue weighted by Crippen LogP contribution is -2.47. The maximum atomic E-state index is 14.5. The molecule has 0 bridgehead atoms. The van der Waals surface area contributed by atoms with Gasteiger partial charge < -0.3 is 14.4 Å². The number of hydrogen-bond acceptors (Lipinski definition) is 6. The number of benzene rings is 2. The number of rotatable bonds is 5. The van der Waals surface area contributed by atoms with Gasteiger partial charge in [-0.2, -0.15) is 0 Å². The molecule has 0 radical (unpaired) electrons. The van der Waals surface area contributed by atoms with Crippen LogP contribution in [-0.2, 0) is 20.7 Å². The SMILES string of the molecule is CN1C(=O)COCC1Cc1ccc(Oc2ccc(/C=C3\SC(=O)NC3=O)cc2F)cc1. The van der Waals surface area contributed by atoms with Crippen molar-refractivity contribution < 1.29 is 28.2 Å². The van der Waals surface area contributed by atoms with Crippen molar-refractivity contribution in [2.75, 3.05) is 20.3 Å². The van der Waals surface area contributed by atoms with Gasteiger partial charge in [0.05, 0.1) is 17.6 Å². The zero-order valence-corrected chi connectivity index (χ0v) is 17.4. The molecule has 7 nitrogen and oxygen atoms in total. The predicted octanol–water partition coefficient (Wildman–Crippen LogP) is 3.34. The number of carbonyl (C=O) groups excluding carboxylic acids is 3. The van der Waals surface area contributed by atoms with Crippen LogP contribution < -0.4 is 10.1 Å². The van der Waals surface area contributed by atoms with Gasteiger partial charge in [-0.05, 0) is 59.7 Å². The number of ether oxygens (including phenoxy) is 2. The molecular weight excluding hydrogens is 423 g/mol. The topological polar surface area (TPSA) is 84.9 Å². The van der Waals surface area contributed by atoms with Crippen molar-refractivity contribution in [3.05, 3.63) is 64.3 Å². The highest BCUT2D eigenvalue weighted by atomic mass is 32.2. The van der Waals surface area contributed by atoms with Crippen LogP contribution in [0.25, 0.3) is 6.08 Å². The van der Waals surface area contributed by atoms with E-state index in [1.54, 1.807) is 30.1 Å². The number of imide groups is 1. The van der Waals surface area contributed by atoms with Gasteiger partial charge in [-0.25, -0.2) is 4.39 Å². The lowest BCUT2D eigenvalue weighted by Gasteiger charge is -2.32. The van der Waals surface area contributed by atoms with Gasteiger partial charge in [0.2, 0.25) is 5.91 Å². The van der Waals surface area contributed by atoms with Crippen molar-refractivity contribution in [2.45, 2.75) is 12.5 Å². The van der Waals surface area contributed by atoms with Gasteiger partial charge in [0.1, 0.15) is 12.4 Å². The second-order valence-electron chi connectivity index (χ2n) is 7.17. The number of thioether (sulfide) groups is 1. The second-order valence-corrected chi connectivity index (χ2v) is 8.18. The highest BCUT2D eigenvalue weighted by Crippen LogP contribution is 2.29. The van der Waals surface area contributed by atoms with Gasteiger partial charge in [0.25, 0.3) is 11.1 Å². The Kier molecular flexibility index (Phi) is 6.06. The van der Waals surface area contributed by atoms with Gasteiger partial charge in [-0.3, -0.25) is 19.7 Å². The molecule has 160 valence electrons. The summed E-state index contributed by atoms with van der Waals surface area (Å²) in [6, 6.07) is 11.5. The molecule has 1 atom stereocenters. The zero-order chi connectivity index (χ0) is 22.0. The fraction of sp³-hybridized carbons (Fsp3) is 0.227. The van der Waals surface area contributed by atoms with Crippen LogP contribution in [0.3, 0.4) is 0 Å². The van der Waals surface area contributed by atoms with Gasteiger partial charge >= 0.3 is 0 Å². The third-order valence-corrected chi connectivity index (χ3v) is 5.81. The van der Waals surface area contributed by atoms with E-state index in [1.807, 2.05) is 12.1 Å². The smallest absolute Gasteiger partial charge is 0.290 e. The van der Waals surface area contributed by atoms with Crippen LogP contribution in [0, 0.1) is 5.82 Å². The first-order valence-electron chi connectivity index (χ1n) is 9.53. The third-order valence-electron chi connectivity index (χ3n) is 5.00. The number of morpholine rings is 1. The molecule has 2 aliphatic rings. The van der Waals surface area contributed by atoms with E-state index in [0.717, 1.165) is 17.3 Å². The number of nitrogens with one attached hydrogen (secondary N) is 1. The van der Waals surface area contributed by atoms with E-state index in [4.69, 9.17) is 9.47 Å². The molecular formula is C22H19FN2O5S. The molecule has 0 spiro atoms. The van der Waals surface area contributed by atoms with Crippen LogP contribution in [-0.4, -0.2) is 48.3 Å². The van der Waals surface area contributed by atoms with Gasteiger partial charge in [0, 0.05) is 7.05 Å². The molecule has 2 aromatic rings. The first-order valence-corrected chi connectivity index (χ1v) is 10.4. The van der Waals surface area contributed by atoms with Gasteiger partial charge in [0.15, 0.2) is 11.6 Å². The Balaban J connectivity index is 1.41. The first-order chi connectivity index (χ1) is 14.9. The Morgan fingerprint density at radius 3 is 2.68 bits per heavy atom. The molecule has 2 fully saturated rings. The molecule has 9 heteroatoms. The minimum Gasteiger partial charge on any atom is -0.454 e. The van der Waals surface area contributed by atoms with Crippen molar-refractivity contribution in [2.24, 2.45) is 0 Å². The Morgan fingerprint density at radius 2 is 2.00 bits per heavy atom. The lowest BCUT2D eigenvalue weighted by atomic mass is 10.0. The van der Waals surface area contributed by atoms with Crippen LogP contribution in [0.15, 0.2) is 47.4 Å². The summed E-state index contributed by atoms with van der Waals surface area (Å²) in [7, 11) is 1.77. The van der Waals surface area contributed by atoms with Crippen LogP contribution in [0.4, 0.5) is 9.18 Å². The van der Waals surface area contributed by atoms with E-state index in [0.29, 0.717) is 24.3 Å². The Morgan fingerprint density at radius 1 is 1.23 bits per heavy atom. The van der Waals surface area contributed by atoms with E-state index in [9.17, 15) is 18.8 Å². The highest BCUT2D eigenvalue weighted by molar-refractivity contribution is 8.18. The third kappa shape index (κ3) is 4.95. The average molecular weight is 442 g/mol. The number of nitrogens with zero attached hydrogens (tertiary/aromatic N) is 1. The van der Waals surface area contributed by atoms with E-state index in [-0.39, 0.29) is 29.2 Å². The summed E-state index contributed by atoms with van der Waals surface area (Å²) in [6.07, 6.45) is 2.09. The maximum absolute atomic E-state index is 14.5. The molecule has 2 saturated heterocycles. The molecule has 1 N–H and O–H groups in total. The summed E-state index contributed by atoms with van der Waals surface area (Å²) < 4.78 is 25.4. The molecule has 1 unspecified atom stereocenters. The number of likely N-dealkylation sites (N-methyl/N-ethyl adjacent to an activating group) is 1. The standard InChI is InChI=1S/C22H19FN2O5S/c1-25-15(11-29-12-20(25)26)8-13-2-5-16(6-3-13)30-18-7-4-14(9-17(18)23)10-19-21(27)24-22(28)31-19/h2-7,9-10,15H,8,11-12H2,1H3,(H,24,27,28)/b19-10-. The van der Waals surface area contributed by atoms with Crippen LogP contribution >= 0.6 is 11.8 Å². The molecule has 2 aromatic carbocycles. The number of hydrogen-bond donors (Lipinski definition) is 1. The van der Waals surface area contributed by atoms with Gasteiger partial charge in [-0.1, -0.05) is 18.2 Å². The Hall–Kier alpha value is -3.17. The van der Waals surface area contributed by atoms with E-state index >= 15 is 0 Å². The molecule has 2 heterocycles. The number of amides is 3. The summed E-state index contributed by atoms with van der Waals surface area (Å²) in [5.74, 6) is -0.613. The normalized spacial score (nSPS) is 20.3. The van der Waals surface area contributed by atoms with E-state index in [1.165, 1.54) is 18.2 Å². The summed E-state index contributed by atoms with van der Waals surface area (Å²) >= 11 is 0.773. The average Bonchev–Trinajstić information content (AvgIpc) is 3.05. The van der Waals surface area contributed by atoms with Crippen molar-refractivity contribution >= 4 is 34.9 Å². The van der Waals surface area contributed by atoms with Crippen molar-refractivity contribution in [3.63, 3.8) is 0 Å². The summed E-state index contributed by atoms with van der Waals surface area (Å²) in [6.45, 7) is 0.605. The fourth-order valence-corrected chi connectivity index (χ4v) is 3.93. The van der Waals surface area contributed by atoms with E-state index < -0.39 is 17.0 Å². The monoisotopic (exact) mass is 442 g/mol. The maximum Gasteiger partial charge on any atom is 0.290 e. The highest BCUT2D eigenvalue weighted by Gasteiger charge is 2.26. The van der Waals surface area contributed by atoms with Crippen LogP contribution in [0.5, 0.6) is 11.5 Å². The summed E-state index contributed by atoms with van der Waals surface area (Å²) in [4.78, 5) is 36.5. The molecule has 4 rings (SSSR count). The molecule has 3 amide bonds. The largest absolute Gasteiger partial charge is 0.454 e. The summed E-state index contributed by atoms with van der Waals surface area (Å²) in [5.41, 5.74) is 1.45. The second kappa shape index (κ2) is 8.91.